The number of hydrogen-bond donors (Lipinski definition) is 2. The highest BCUT2D eigenvalue weighted by Gasteiger charge is 2.29. The maximum atomic E-state index is 11.8. The molecule has 0 bridgehead atoms. The Bertz CT molecular complexity index is 398. The van der Waals surface area contributed by atoms with E-state index in [1.807, 2.05) is 58.0 Å². The van der Waals surface area contributed by atoms with Crippen LogP contribution in [0.25, 0.3) is 0 Å². The van der Waals surface area contributed by atoms with Crippen LogP contribution in [0.3, 0.4) is 0 Å². The summed E-state index contributed by atoms with van der Waals surface area (Å²) < 4.78 is 5.25. The number of nitrogens with two attached hydrogens (primary N) is 1. The highest BCUT2D eigenvalue weighted by Crippen LogP contribution is 2.20. The van der Waals surface area contributed by atoms with E-state index in [0.29, 0.717) is 6.54 Å². The Labute approximate surface area is 109 Å². The molecule has 0 aliphatic heterocycles. The molecule has 0 spiro atoms. The zero-order chi connectivity index (χ0) is 13.8. The van der Waals surface area contributed by atoms with Gasteiger partial charge in [0.2, 0.25) is 0 Å². The van der Waals surface area contributed by atoms with Crippen molar-refractivity contribution in [3.05, 3.63) is 35.9 Å². The van der Waals surface area contributed by atoms with Crippen LogP contribution >= 0.6 is 0 Å². The first-order valence-corrected chi connectivity index (χ1v) is 6.03. The van der Waals surface area contributed by atoms with Gasteiger partial charge in [0.05, 0.1) is 5.54 Å². The lowest BCUT2D eigenvalue weighted by Gasteiger charge is -2.31. The van der Waals surface area contributed by atoms with E-state index in [-0.39, 0.29) is 0 Å². The molecule has 4 heteroatoms. The summed E-state index contributed by atoms with van der Waals surface area (Å²) in [5.74, 6) is 0. The van der Waals surface area contributed by atoms with Crippen LogP contribution < -0.4 is 11.1 Å². The average Bonchev–Trinajstić information content (AvgIpc) is 2.27. The van der Waals surface area contributed by atoms with E-state index in [1.165, 1.54) is 0 Å². The Morgan fingerprint density at radius 3 is 2.22 bits per heavy atom. The van der Waals surface area contributed by atoms with Crippen molar-refractivity contribution in [2.45, 2.75) is 38.8 Å². The van der Waals surface area contributed by atoms with Gasteiger partial charge in [-0.1, -0.05) is 30.3 Å². The average molecular weight is 250 g/mol. The number of nitrogens with one attached hydrogen (secondary N) is 1. The first-order valence-electron chi connectivity index (χ1n) is 6.03. The molecule has 1 atom stereocenters. The van der Waals surface area contributed by atoms with E-state index in [1.54, 1.807) is 0 Å². The second-order valence-electron chi connectivity index (χ2n) is 5.53. The molecule has 0 aliphatic rings. The fourth-order valence-corrected chi connectivity index (χ4v) is 1.58. The molecular weight excluding hydrogens is 228 g/mol. The second-order valence-corrected chi connectivity index (χ2v) is 5.53. The Kier molecular flexibility index (Phi) is 4.35. The van der Waals surface area contributed by atoms with Crippen LogP contribution in [0.1, 0.15) is 33.3 Å². The van der Waals surface area contributed by atoms with Crippen molar-refractivity contribution in [1.82, 2.24) is 5.32 Å². The zero-order valence-electron chi connectivity index (χ0n) is 11.5. The molecule has 0 heterocycles. The van der Waals surface area contributed by atoms with Gasteiger partial charge in [-0.25, -0.2) is 4.79 Å². The number of ether oxygens (including phenoxy) is 1. The summed E-state index contributed by atoms with van der Waals surface area (Å²) in [6, 6.07) is 9.63. The van der Waals surface area contributed by atoms with Crippen molar-refractivity contribution < 1.29 is 9.53 Å². The van der Waals surface area contributed by atoms with Gasteiger partial charge in [0.15, 0.2) is 0 Å². The Morgan fingerprint density at radius 2 is 1.78 bits per heavy atom. The van der Waals surface area contributed by atoms with E-state index in [2.05, 4.69) is 5.32 Å². The van der Waals surface area contributed by atoms with E-state index in [4.69, 9.17) is 10.5 Å². The molecule has 1 unspecified atom stereocenters. The van der Waals surface area contributed by atoms with Gasteiger partial charge in [0.1, 0.15) is 5.60 Å². The molecule has 100 valence electrons. The first kappa shape index (κ1) is 14.5. The highest BCUT2D eigenvalue weighted by atomic mass is 16.6. The van der Waals surface area contributed by atoms with Crippen LogP contribution in [0.5, 0.6) is 0 Å². The predicted octanol–water partition coefficient (Wildman–Crippen LogP) is 2.39. The van der Waals surface area contributed by atoms with E-state index in [9.17, 15) is 4.79 Å². The number of amides is 1. The molecule has 0 saturated carbocycles. The maximum absolute atomic E-state index is 11.8. The Hall–Kier alpha value is -1.55. The summed E-state index contributed by atoms with van der Waals surface area (Å²) in [7, 11) is 0. The molecule has 0 aromatic heterocycles. The number of hydrogen-bond acceptors (Lipinski definition) is 3. The van der Waals surface area contributed by atoms with Gasteiger partial charge in [0, 0.05) is 6.54 Å². The molecule has 0 radical (unpaired) electrons. The fraction of sp³-hybridized carbons (Fsp3) is 0.500. The van der Waals surface area contributed by atoms with Crippen molar-refractivity contribution in [2.75, 3.05) is 6.54 Å². The van der Waals surface area contributed by atoms with Crippen LogP contribution in [0, 0.1) is 0 Å². The van der Waals surface area contributed by atoms with Crippen molar-refractivity contribution in [3.8, 4) is 0 Å². The Morgan fingerprint density at radius 1 is 1.22 bits per heavy atom. The summed E-state index contributed by atoms with van der Waals surface area (Å²) >= 11 is 0. The smallest absolute Gasteiger partial charge is 0.408 e. The summed E-state index contributed by atoms with van der Waals surface area (Å²) in [5.41, 5.74) is 5.60. The van der Waals surface area contributed by atoms with Crippen LogP contribution in [-0.2, 0) is 10.3 Å². The van der Waals surface area contributed by atoms with Crippen LogP contribution in [0.15, 0.2) is 30.3 Å². The lowest BCUT2D eigenvalue weighted by Crippen LogP contribution is -2.50. The van der Waals surface area contributed by atoms with Crippen molar-refractivity contribution in [2.24, 2.45) is 5.73 Å². The number of alkyl carbamates (subject to hydrolysis) is 1. The lowest BCUT2D eigenvalue weighted by atomic mass is 9.92. The van der Waals surface area contributed by atoms with Crippen LogP contribution in [0.4, 0.5) is 4.79 Å². The monoisotopic (exact) mass is 250 g/mol. The van der Waals surface area contributed by atoms with Gasteiger partial charge >= 0.3 is 6.09 Å². The minimum Gasteiger partial charge on any atom is -0.444 e. The second kappa shape index (κ2) is 5.40. The van der Waals surface area contributed by atoms with Gasteiger partial charge in [-0.2, -0.15) is 0 Å². The van der Waals surface area contributed by atoms with Gasteiger partial charge in [-0.3, -0.25) is 0 Å². The number of rotatable bonds is 3. The predicted molar refractivity (Wildman–Crippen MR) is 72.2 cm³/mol. The quantitative estimate of drug-likeness (QED) is 0.865. The molecule has 4 nitrogen and oxygen atoms in total. The van der Waals surface area contributed by atoms with Crippen molar-refractivity contribution in [3.63, 3.8) is 0 Å². The minimum atomic E-state index is -0.621. The molecule has 0 aliphatic carbocycles. The topological polar surface area (TPSA) is 64.3 Å². The zero-order valence-corrected chi connectivity index (χ0v) is 11.5. The highest BCUT2D eigenvalue weighted by molar-refractivity contribution is 5.69. The van der Waals surface area contributed by atoms with Gasteiger partial charge in [-0.15, -0.1) is 0 Å². The first-order chi connectivity index (χ1) is 8.27. The fourth-order valence-electron chi connectivity index (χ4n) is 1.58. The van der Waals surface area contributed by atoms with Gasteiger partial charge in [0.25, 0.3) is 0 Å². The Balaban J connectivity index is 2.81. The maximum Gasteiger partial charge on any atom is 0.408 e. The molecule has 3 N–H and O–H groups in total. The van der Waals surface area contributed by atoms with Crippen LogP contribution in [0.2, 0.25) is 0 Å². The third kappa shape index (κ3) is 4.04. The molecule has 0 fully saturated rings. The number of carbonyl (C=O) groups excluding carboxylic acids is 1. The lowest BCUT2D eigenvalue weighted by molar-refractivity contribution is 0.0465. The van der Waals surface area contributed by atoms with E-state index < -0.39 is 17.2 Å². The van der Waals surface area contributed by atoms with Gasteiger partial charge in [-0.05, 0) is 33.3 Å². The number of benzene rings is 1. The normalized spacial score (nSPS) is 14.7. The largest absolute Gasteiger partial charge is 0.444 e. The summed E-state index contributed by atoms with van der Waals surface area (Å²) in [5, 5.41) is 2.83. The van der Waals surface area contributed by atoms with E-state index in [0.717, 1.165) is 5.56 Å². The number of carbonyl (C=O) groups is 1. The molecular formula is C14H22N2O2. The third-order valence-electron chi connectivity index (χ3n) is 2.60. The third-order valence-corrected chi connectivity index (χ3v) is 2.60. The molecule has 0 saturated heterocycles. The van der Waals surface area contributed by atoms with E-state index >= 15 is 0 Å². The standard InChI is InChI=1S/C14H22N2O2/c1-13(2,3)18-12(17)16-14(4,10-15)11-8-6-5-7-9-11/h5-9H,10,15H2,1-4H3,(H,16,17). The van der Waals surface area contributed by atoms with Gasteiger partial charge < -0.3 is 15.8 Å². The SMILES string of the molecule is CC(C)(C)OC(=O)NC(C)(CN)c1ccccc1. The molecule has 1 rings (SSSR count). The summed E-state index contributed by atoms with van der Waals surface area (Å²) in [6.07, 6.45) is -0.459. The molecule has 1 amide bonds. The summed E-state index contributed by atoms with van der Waals surface area (Å²) in [4.78, 5) is 11.8. The van der Waals surface area contributed by atoms with Crippen LogP contribution in [-0.4, -0.2) is 18.2 Å². The van der Waals surface area contributed by atoms with Crippen molar-refractivity contribution in [1.29, 1.82) is 0 Å². The molecule has 1 aromatic rings. The van der Waals surface area contributed by atoms with Crippen molar-refractivity contribution >= 4 is 6.09 Å². The molecule has 18 heavy (non-hydrogen) atoms. The summed E-state index contributed by atoms with van der Waals surface area (Å²) in [6.45, 7) is 7.67. The minimum absolute atomic E-state index is 0.302. The molecule has 1 aromatic carbocycles.